The monoisotopic (exact) mass is 557 g/mol. The van der Waals surface area contributed by atoms with E-state index in [1.54, 1.807) is 0 Å². The predicted molar refractivity (Wildman–Crippen MR) is 146 cm³/mol. The summed E-state index contributed by atoms with van der Waals surface area (Å²) in [5, 5.41) is 16.0. The van der Waals surface area contributed by atoms with E-state index in [0.717, 1.165) is 32.1 Å². The number of aromatic amines is 1. The van der Waals surface area contributed by atoms with E-state index in [-0.39, 0.29) is 18.4 Å². The average molecular weight is 558 g/mol. The van der Waals surface area contributed by atoms with Gasteiger partial charge in [0.05, 0.1) is 23.7 Å². The van der Waals surface area contributed by atoms with E-state index >= 15 is 0 Å². The Hall–Kier alpha value is -4.04. The molecule has 1 atom stereocenters. The van der Waals surface area contributed by atoms with Crippen LogP contribution in [0.15, 0.2) is 87.2 Å². The summed E-state index contributed by atoms with van der Waals surface area (Å²) in [6, 6.07) is 22.7. The average Bonchev–Trinajstić information content (AvgIpc) is 3.32. The van der Waals surface area contributed by atoms with Crippen molar-refractivity contribution in [3.63, 3.8) is 0 Å². The molecule has 0 bridgehead atoms. The van der Waals surface area contributed by atoms with E-state index < -0.39 is 17.9 Å². The molecule has 186 valence electrons. The lowest BCUT2D eigenvalue weighted by molar-refractivity contribution is -0.141. The minimum Gasteiger partial charge on any atom is -0.481 e. The van der Waals surface area contributed by atoms with Gasteiger partial charge in [-0.15, -0.1) is 0 Å². The van der Waals surface area contributed by atoms with Crippen LogP contribution in [0.5, 0.6) is 0 Å². The van der Waals surface area contributed by atoms with Gasteiger partial charge < -0.3 is 10.1 Å². The second kappa shape index (κ2) is 10.1. The number of carboxylic acids is 1. The number of aryl methyl sites for hydroxylation is 1. The highest BCUT2D eigenvalue weighted by Gasteiger charge is 2.35. The SMILES string of the molecule is Cc1ccc(C2CC(c3c(-c4ccccc4)c4cc(Br)ccc4[nH]c3=O)=NN2C(=O)CCC(=O)O)cc1. The van der Waals surface area contributed by atoms with E-state index in [2.05, 4.69) is 26.0 Å². The number of aromatic nitrogens is 1. The van der Waals surface area contributed by atoms with Crippen molar-refractivity contribution < 1.29 is 14.7 Å². The van der Waals surface area contributed by atoms with Gasteiger partial charge >= 0.3 is 5.97 Å². The number of pyridine rings is 1. The Balaban J connectivity index is 1.69. The molecule has 1 aliphatic heterocycles. The van der Waals surface area contributed by atoms with E-state index in [1.807, 2.05) is 79.7 Å². The fourth-order valence-corrected chi connectivity index (χ4v) is 5.07. The molecule has 0 spiro atoms. The van der Waals surface area contributed by atoms with Gasteiger partial charge in [-0.25, -0.2) is 5.01 Å². The number of carbonyl (C=O) groups excluding carboxylic acids is 1. The van der Waals surface area contributed by atoms with Crippen LogP contribution in [-0.4, -0.2) is 32.7 Å². The molecule has 0 saturated carbocycles. The molecule has 0 saturated heterocycles. The van der Waals surface area contributed by atoms with Crippen molar-refractivity contribution in [2.75, 3.05) is 0 Å². The molecule has 8 heteroatoms. The molecule has 37 heavy (non-hydrogen) atoms. The Morgan fingerprint density at radius 1 is 1.03 bits per heavy atom. The number of fused-ring (bicyclic) bond motifs is 1. The normalized spacial score (nSPS) is 15.1. The molecule has 2 N–H and O–H groups in total. The van der Waals surface area contributed by atoms with Crippen molar-refractivity contribution in [2.24, 2.45) is 5.10 Å². The number of H-pyrrole nitrogens is 1. The van der Waals surface area contributed by atoms with Gasteiger partial charge in [0.2, 0.25) is 5.91 Å². The van der Waals surface area contributed by atoms with Crippen LogP contribution in [0.3, 0.4) is 0 Å². The van der Waals surface area contributed by atoms with Gasteiger partial charge in [0.1, 0.15) is 0 Å². The zero-order valence-corrected chi connectivity index (χ0v) is 21.7. The lowest BCUT2D eigenvalue weighted by atomic mass is 9.91. The highest BCUT2D eigenvalue weighted by molar-refractivity contribution is 9.10. The lowest BCUT2D eigenvalue weighted by Crippen LogP contribution is -2.27. The van der Waals surface area contributed by atoms with Gasteiger partial charge in [-0.3, -0.25) is 14.4 Å². The van der Waals surface area contributed by atoms with Crippen LogP contribution in [0.1, 0.15) is 42.0 Å². The summed E-state index contributed by atoms with van der Waals surface area (Å²) in [4.78, 5) is 40.8. The Morgan fingerprint density at radius 2 is 1.76 bits per heavy atom. The first-order valence-electron chi connectivity index (χ1n) is 11.9. The first-order chi connectivity index (χ1) is 17.8. The van der Waals surface area contributed by atoms with Crippen molar-refractivity contribution in [3.05, 3.63) is 104 Å². The molecule has 0 aliphatic carbocycles. The lowest BCUT2D eigenvalue weighted by Gasteiger charge is -2.22. The van der Waals surface area contributed by atoms with Crippen LogP contribution in [0.2, 0.25) is 0 Å². The number of aliphatic carboxylic acids is 1. The van der Waals surface area contributed by atoms with Gasteiger partial charge in [0.25, 0.3) is 5.56 Å². The smallest absolute Gasteiger partial charge is 0.303 e. The molecule has 7 nitrogen and oxygen atoms in total. The van der Waals surface area contributed by atoms with Crippen LogP contribution >= 0.6 is 15.9 Å². The van der Waals surface area contributed by atoms with Crippen molar-refractivity contribution in [3.8, 4) is 11.1 Å². The maximum Gasteiger partial charge on any atom is 0.303 e. The van der Waals surface area contributed by atoms with Crippen molar-refractivity contribution in [1.82, 2.24) is 9.99 Å². The molecule has 0 fully saturated rings. The molecule has 2 heterocycles. The van der Waals surface area contributed by atoms with Gasteiger partial charge in [0, 0.05) is 33.8 Å². The summed E-state index contributed by atoms with van der Waals surface area (Å²) in [7, 11) is 0. The molecule has 5 rings (SSSR count). The zero-order valence-electron chi connectivity index (χ0n) is 20.1. The molecule has 1 aliphatic rings. The highest BCUT2D eigenvalue weighted by atomic mass is 79.9. The third-order valence-corrected chi connectivity index (χ3v) is 7.00. The fourth-order valence-electron chi connectivity index (χ4n) is 4.71. The number of hydrazone groups is 1. The van der Waals surface area contributed by atoms with E-state index in [4.69, 9.17) is 5.11 Å². The molecule has 0 radical (unpaired) electrons. The Labute approximate surface area is 221 Å². The highest BCUT2D eigenvalue weighted by Crippen LogP contribution is 2.37. The fraction of sp³-hybridized carbons (Fsp3) is 0.172. The molecular formula is C29H24BrN3O4. The molecule has 4 aromatic rings. The molecular weight excluding hydrogens is 534 g/mol. The van der Waals surface area contributed by atoms with E-state index in [1.165, 1.54) is 5.01 Å². The summed E-state index contributed by atoms with van der Waals surface area (Å²) in [6.45, 7) is 1.98. The van der Waals surface area contributed by atoms with Gasteiger partial charge in [-0.2, -0.15) is 5.10 Å². The Bertz CT molecular complexity index is 1590. The van der Waals surface area contributed by atoms with Gasteiger partial charge in [0.15, 0.2) is 0 Å². The first kappa shape index (κ1) is 24.6. The molecule has 1 unspecified atom stereocenters. The minimum absolute atomic E-state index is 0.180. The largest absolute Gasteiger partial charge is 0.481 e. The number of hydrogen-bond acceptors (Lipinski definition) is 4. The third-order valence-electron chi connectivity index (χ3n) is 6.51. The molecule has 1 aromatic heterocycles. The summed E-state index contributed by atoms with van der Waals surface area (Å²) in [6.07, 6.45) is -0.147. The van der Waals surface area contributed by atoms with Crippen LogP contribution in [0.25, 0.3) is 22.0 Å². The van der Waals surface area contributed by atoms with E-state index in [9.17, 15) is 14.4 Å². The van der Waals surface area contributed by atoms with Crippen LogP contribution in [0.4, 0.5) is 0 Å². The number of rotatable bonds is 6. The molecule has 1 amide bonds. The number of benzene rings is 3. The minimum atomic E-state index is -1.05. The van der Waals surface area contributed by atoms with Crippen molar-refractivity contribution >= 4 is 44.4 Å². The summed E-state index contributed by atoms with van der Waals surface area (Å²) < 4.78 is 0.867. The van der Waals surface area contributed by atoms with Crippen LogP contribution in [0, 0.1) is 6.92 Å². The second-order valence-corrected chi connectivity index (χ2v) is 9.99. The summed E-state index contributed by atoms with van der Waals surface area (Å²) in [5.74, 6) is -1.45. The maximum atomic E-state index is 13.5. The number of amides is 1. The van der Waals surface area contributed by atoms with Crippen LogP contribution < -0.4 is 5.56 Å². The summed E-state index contributed by atoms with van der Waals surface area (Å²) in [5.41, 5.74) is 4.83. The quantitative estimate of drug-likeness (QED) is 0.312. The first-order valence-corrected chi connectivity index (χ1v) is 12.7. The van der Waals surface area contributed by atoms with Crippen molar-refractivity contribution in [1.29, 1.82) is 0 Å². The van der Waals surface area contributed by atoms with E-state index in [0.29, 0.717) is 23.2 Å². The number of carbonyl (C=O) groups is 2. The number of nitrogens with zero attached hydrogens (tertiary/aromatic N) is 2. The Kier molecular flexibility index (Phi) is 6.76. The number of halogens is 1. The van der Waals surface area contributed by atoms with Gasteiger partial charge in [-0.1, -0.05) is 76.1 Å². The third kappa shape index (κ3) is 4.97. The summed E-state index contributed by atoms with van der Waals surface area (Å²) >= 11 is 3.55. The molecule has 3 aromatic carbocycles. The zero-order chi connectivity index (χ0) is 26.1. The maximum absolute atomic E-state index is 13.5. The van der Waals surface area contributed by atoms with Crippen LogP contribution in [-0.2, 0) is 9.59 Å². The van der Waals surface area contributed by atoms with Gasteiger partial charge in [-0.05, 0) is 36.2 Å². The second-order valence-electron chi connectivity index (χ2n) is 9.07. The van der Waals surface area contributed by atoms with Crippen molar-refractivity contribution in [2.45, 2.75) is 32.2 Å². The predicted octanol–water partition coefficient (Wildman–Crippen LogP) is 5.81. The number of nitrogens with one attached hydrogen (secondary N) is 1. The number of carboxylic acid groups (broad SMARTS) is 1. The number of hydrogen-bond donors (Lipinski definition) is 2. The standard InChI is InChI=1S/C29H24BrN3O4/c1-17-7-9-18(10-8-17)24-16-23(32-33(24)25(34)13-14-26(35)36)28-27(19-5-3-2-4-6-19)21-15-20(30)11-12-22(21)31-29(28)37/h2-12,15,24H,13-14,16H2,1H3,(H,31,37)(H,35,36). The Morgan fingerprint density at radius 3 is 2.46 bits per heavy atom. The topological polar surface area (TPSA) is 103 Å².